The van der Waals surface area contributed by atoms with Gasteiger partial charge in [0.05, 0.1) is 16.1 Å². The number of aliphatic carboxylic acids is 1. The summed E-state index contributed by atoms with van der Waals surface area (Å²) in [5.41, 5.74) is 0.495. The maximum atomic E-state index is 13.2. The number of anilines is 1. The van der Waals surface area contributed by atoms with Gasteiger partial charge in [0.15, 0.2) is 0 Å². The zero-order valence-corrected chi connectivity index (χ0v) is 18.3. The van der Waals surface area contributed by atoms with E-state index in [1.165, 1.54) is 0 Å². The van der Waals surface area contributed by atoms with Gasteiger partial charge in [-0.15, -0.1) is 0 Å². The van der Waals surface area contributed by atoms with Crippen molar-refractivity contribution in [2.75, 3.05) is 4.72 Å². The Morgan fingerprint density at radius 2 is 1.68 bits per heavy atom. The number of nitrogens with one attached hydrogen (secondary N) is 1. The molecule has 4 aromatic rings. The predicted molar refractivity (Wildman–Crippen MR) is 123 cm³/mol. The molecular weight excluding hydrogens is 412 g/mol. The lowest BCUT2D eigenvalue weighted by atomic mass is 9.86. The zero-order valence-electron chi connectivity index (χ0n) is 17.5. The number of benzene rings is 3. The molecule has 3 aromatic carbocycles. The Balaban J connectivity index is 1.78. The Morgan fingerprint density at radius 1 is 0.968 bits per heavy atom. The van der Waals surface area contributed by atoms with Crippen LogP contribution in [-0.2, 0) is 14.8 Å². The second-order valence-corrected chi connectivity index (χ2v) is 10.3. The van der Waals surface area contributed by atoms with Crippen molar-refractivity contribution in [1.82, 2.24) is 4.57 Å². The van der Waals surface area contributed by atoms with Crippen LogP contribution in [0, 0.1) is 5.41 Å². The van der Waals surface area contributed by atoms with Gasteiger partial charge >= 0.3 is 5.97 Å². The molecule has 0 spiro atoms. The van der Waals surface area contributed by atoms with Crippen molar-refractivity contribution in [3.8, 4) is 0 Å². The monoisotopic (exact) mass is 436 g/mol. The molecule has 1 atom stereocenters. The third-order valence-electron chi connectivity index (χ3n) is 5.35. The molecule has 31 heavy (non-hydrogen) atoms. The van der Waals surface area contributed by atoms with Crippen molar-refractivity contribution in [2.24, 2.45) is 5.41 Å². The number of carboxylic acid groups (broad SMARTS) is 1. The van der Waals surface area contributed by atoms with Crippen molar-refractivity contribution in [3.63, 3.8) is 0 Å². The van der Waals surface area contributed by atoms with Crippen LogP contribution in [0.1, 0.15) is 26.8 Å². The lowest BCUT2D eigenvalue weighted by Crippen LogP contribution is -2.31. The first-order chi connectivity index (χ1) is 14.6. The quantitative estimate of drug-likeness (QED) is 0.446. The van der Waals surface area contributed by atoms with Gasteiger partial charge in [-0.25, -0.2) is 13.2 Å². The van der Waals surface area contributed by atoms with E-state index in [4.69, 9.17) is 0 Å². The molecule has 2 N–H and O–H groups in total. The summed E-state index contributed by atoms with van der Waals surface area (Å²) < 4.78 is 30.7. The summed E-state index contributed by atoms with van der Waals surface area (Å²) in [5.74, 6) is -0.938. The number of hydrogen-bond acceptors (Lipinski definition) is 3. The number of carbonyl (C=O) groups is 1. The molecule has 0 aliphatic rings. The van der Waals surface area contributed by atoms with E-state index < -0.39 is 27.4 Å². The van der Waals surface area contributed by atoms with Gasteiger partial charge < -0.3 is 9.67 Å². The Labute approximate surface area is 181 Å². The van der Waals surface area contributed by atoms with E-state index in [1.807, 2.05) is 45.0 Å². The first-order valence-corrected chi connectivity index (χ1v) is 11.4. The smallest absolute Gasteiger partial charge is 0.327 e. The molecule has 0 fully saturated rings. The van der Waals surface area contributed by atoms with Crippen LogP contribution in [0.3, 0.4) is 0 Å². The molecule has 4 rings (SSSR count). The van der Waals surface area contributed by atoms with Gasteiger partial charge in [-0.2, -0.15) is 0 Å². The van der Waals surface area contributed by atoms with Crippen molar-refractivity contribution in [3.05, 3.63) is 72.9 Å². The van der Waals surface area contributed by atoms with Gasteiger partial charge in [0.1, 0.15) is 6.04 Å². The van der Waals surface area contributed by atoms with E-state index in [9.17, 15) is 18.3 Å². The van der Waals surface area contributed by atoms with Crippen molar-refractivity contribution in [1.29, 1.82) is 0 Å². The van der Waals surface area contributed by atoms with Crippen LogP contribution >= 0.6 is 0 Å². The minimum absolute atomic E-state index is 0.194. The maximum absolute atomic E-state index is 13.2. The minimum atomic E-state index is -3.85. The van der Waals surface area contributed by atoms with Crippen LogP contribution < -0.4 is 4.72 Å². The summed E-state index contributed by atoms with van der Waals surface area (Å²) in [4.78, 5) is 12.2. The molecule has 0 radical (unpaired) electrons. The molecule has 7 heteroatoms. The van der Waals surface area contributed by atoms with Gasteiger partial charge in [0.2, 0.25) is 0 Å². The second kappa shape index (κ2) is 7.42. The van der Waals surface area contributed by atoms with Crippen molar-refractivity contribution in [2.45, 2.75) is 31.7 Å². The fraction of sp³-hybridized carbons (Fsp3) is 0.208. The molecule has 0 saturated carbocycles. The van der Waals surface area contributed by atoms with Crippen molar-refractivity contribution < 1.29 is 18.3 Å². The lowest BCUT2D eigenvalue weighted by Gasteiger charge is -2.29. The topological polar surface area (TPSA) is 88.4 Å². The highest BCUT2D eigenvalue weighted by Crippen LogP contribution is 2.35. The standard InChI is InChI=1S/C24H24N2O4S/c1-24(2,3)22(23(27)28)26-14-13-17-11-12-18(15-20(17)26)25-31(29,30)21-10-6-8-16-7-4-5-9-19(16)21/h4-15,22,25H,1-3H3,(H,27,28). The molecule has 1 heterocycles. The normalized spacial score (nSPS) is 13.4. The molecule has 0 bridgehead atoms. The van der Waals surface area contributed by atoms with E-state index in [0.29, 0.717) is 16.6 Å². The SMILES string of the molecule is CC(C)(C)C(C(=O)O)n1ccc2ccc(NS(=O)(=O)c3cccc4ccccc34)cc21. The lowest BCUT2D eigenvalue weighted by molar-refractivity contribution is -0.144. The van der Waals surface area contributed by atoms with Gasteiger partial charge in [0.25, 0.3) is 10.0 Å². The Kier molecular flexibility index (Phi) is 5.01. The van der Waals surface area contributed by atoms with Crippen LogP contribution in [-0.4, -0.2) is 24.1 Å². The third-order valence-corrected chi connectivity index (χ3v) is 6.79. The van der Waals surface area contributed by atoms with Crippen molar-refractivity contribution >= 4 is 43.4 Å². The third kappa shape index (κ3) is 3.88. The highest BCUT2D eigenvalue weighted by Gasteiger charge is 2.33. The number of hydrogen-bond donors (Lipinski definition) is 2. The number of nitrogens with zero attached hydrogens (tertiary/aromatic N) is 1. The first kappa shape index (κ1) is 20.9. The van der Waals surface area contributed by atoms with Gasteiger partial charge in [-0.1, -0.05) is 63.2 Å². The molecule has 1 unspecified atom stereocenters. The predicted octanol–water partition coefficient (Wildman–Crippen LogP) is 5.27. The van der Waals surface area contributed by atoms with Crippen LogP contribution in [0.15, 0.2) is 77.8 Å². The van der Waals surface area contributed by atoms with E-state index in [1.54, 1.807) is 53.2 Å². The van der Waals surface area contributed by atoms with Gasteiger partial charge in [-0.05, 0) is 40.5 Å². The molecule has 0 aliphatic heterocycles. The summed E-state index contributed by atoms with van der Waals surface area (Å²) in [6, 6.07) is 18.7. The molecule has 0 aliphatic carbocycles. The molecule has 160 valence electrons. The highest BCUT2D eigenvalue weighted by atomic mass is 32.2. The molecular formula is C24H24N2O4S. The van der Waals surface area contributed by atoms with Crippen LogP contribution in [0.25, 0.3) is 21.7 Å². The first-order valence-electron chi connectivity index (χ1n) is 9.92. The Bertz CT molecular complexity index is 1390. The summed E-state index contributed by atoms with van der Waals surface area (Å²) >= 11 is 0. The fourth-order valence-electron chi connectivity index (χ4n) is 3.98. The second-order valence-electron chi connectivity index (χ2n) is 8.69. The summed E-state index contributed by atoms with van der Waals surface area (Å²) in [6.45, 7) is 5.60. The largest absolute Gasteiger partial charge is 0.480 e. The average molecular weight is 437 g/mol. The zero-order chi connectivity index (χ0) is 22.4. The number of carboxylic acids is 1. The van der Waals surface area contributed by atoms with Gasteiger partial charge in [0, 0.05) is 11.6 Å². The number of fused-ring (bicyclic) bond motifs is 2. The van der Waals surface area contributed by atoms with E-state index in [2.05, 4.69) is 4.72 Å². The Morgan fingerprint density at radius 3 is 2.39 bits per heavy atom. The molecule has 0 amide bonds. The number of rotatable bonds is 5. The van der Waals surface area contributed by atoms with Crippen LogP contribution in [0.5, 0.6) is 0 Å². The average Bonchev–Trinajstić information content (AvgIpc) is 3.08. The van der Waals surface area contributed by atoms with Crippen LogP contribution in [0.4, 0.5) is 5.69 Å². The minimum Gasteiger partial charge on any atom is -0.480 e. The summed E-state index contributed by atoms with van der Waals surface area (Å²) in [7, 11) is -3.85. The molecule has 0 saturated heterocycles. The summed E-state index contributed by atoms with van der Waals surface area (Å²) in [5, 5.41) is 12.1. The molecule has 6 nitrogen and oxygen atoms in total. The maximum Gasteiger partial charge on any atom is 0.327 e. The number of sulfonamides is 1. The van der Waals surface area contributed by atoms with E-state index in [0.717, 1.165) is 10.8 Å². The van der Waals surface area contributed by atoms with E-state index in [-0.39, 0.29) is 4.90 Å². The van der Waals surface area contributed by atoms with E-state index >= 15 is 0 Å². The molecule has 1 aromatic heterocycles. The number of aromatic nitrogens is 1. The Hall–Kier alpha value is -3.32. The fourth-order valence-corrected chi connectivity index (χ4v) is 5.26. The van der Waals surface area contributed by atoms with Crippen LogP contribution in [0.2, 0.25) is 0 Å². The highest BCUT2D eigenvalue weighted by molar-refractivity contribution is 7.93. The van der Waals surface area contributed by atoms with Gasteiger partial charge in [-0.3, -0.25) is 4.72 Å². The summed E-state index contributed by atoms with van der Waals surface area (Å²) in [6.07, 6.45) is 1.73.